The fourth-order valence-electron chi connectivity index (χ4n) is 1.43. The molecule has 0 bridgehead atoms. The van der Waals surface area contributed by atoms with E-state index < -0.39 is 11.8 Å². The molecule has 2 aromatic rings. The van der Waals surface area contributed by atoms with Gasteiger partial charge in [0.2, 0.25) is 0 Å². The Balaban J connectivity index is 2.18. The predicted molar refractivity (Wildman–Crippen MR) is 69.3 cm³/mol. The summed E-state index contributed by atoms with van der Waals surface area (Å²) in [5.41, 5.74) is 0.537. The van der Waals surface area contributed by atoms with Crippen LogP contribution in [0.1, 0.15) is 22.3 Å². The van der Waals surface area contributed by atoms with E-state index in [1.54, 1.807) is 19.9 Å². The average Bonchev–Trinajstić information content (AvgIpc) is 2.70. The van der Waals surface area contributed by atoms with Gasteiger partial charge >= 0.3 is 5.97 Å². The first-order valence-corrected chi connectivity index (χ1v) is 6.49. The highest BCUT2D eigenvalue weighted by atomic mass is 32.1. The van der Waals surface area contributed by atoms with Crippen molar-refractivity contribution >= 4 is 17.3 Å². The van der Waals surface area contributed by atoms with Crippen molar-refractivity contribution in [1.82, 2.24) is 4.98 Å². The number of aryl methyl sites for hydroxylation is 1. The van der Waals surface area contributed by atoms with Crippen molar-refractivity contribution in [3.05, 3.63) is 40.7 Å². The monoisotopic (exact) mass is 281 g/mol. The standard InChI is InChI=1S/C13H12FNO3S/c1-3-17-12(16)11-8(2)15-13(19-11)18-10-6-4-5-9(14)7-10/h4-7H,3H2,1-2H3. The lowest BCUT2D eigenvalue weighted by atomic mass is 10.3. The van der Waals surface area contributed by atoms with Crippen LogP contribution in [0.2, 0.25) is 0 Å². The van der Waals surface area contributed by atoms with Gasteiger partial charge in [-0.2, -0.15) is 0 Å². The molecule has 0 saturated carbocycles. The van der Waals surface area contributed by atoms with Crippen molar-refractivity contribution in [1.29, 1.82) is 0 Å². The maximum Gasteiger partial charge on any atom is 0.350 e. The minimum absolute atomic E-state index is 0.283. The lowest BCUT2D eigenvalue weighted by Gasteiger charge is -2.00. The van der Waals surface area contributed by atoms with Gasteiger partial charge in [-0.3, -0.25) is 0 Å². The van der Waals surface area contributed by atoms with E-state index in [1.165, 1.54) is 18.2 Å². The molecule has 0 saturated heterocycles. The van der Waals surface area contributed by atoms with E-state index in [4.69, 9.17) is 9.47 Å². The van der Waals surface area contributed by atoms with Gasteiger partial charge in [0.25, 0.3) is 5.19 Å². The molecule has 0 N–H and O–H groups in total. The summed E-state index contributed by atoms with van der Waals surface area (Å²) < 4.78 is 23.3. The number of ether oxygens (including phenoxy) is 2. The minimum Gasteiger partial charge on any atom is -0.462 e. The quantitative estimate of drug-likeness (QED) is 0.804. The predicted octanol–water partition coefficient (Wildman–Crippen LogP) is 3.56. The zero-order valence-electron chi connectivity index (χ0n) is 10.5. The summed E-state index contributed by atoms with van der Waals surface area (Å²) in [4.78, 5) is 16.1. The molecule has 19 heavy (non-hydrogen) atoms. The first-order chi connectivity index (χ1) is 9.10. The Labute approximate surface area is 113 Å². The third kappa shape index (κ3) is 3.29. The molecule has 1 heterocycles. The summed E-state index contributed by atoms with van der Waals surface area (Å²) >= 11 is 1.08. The van der Waals surface area contributed by atoms with Crippen LogP contribution >= 0.6 is 11.3 Å². The molecule has 0 aliphatic carbocycles. The molecule has 0 unspecified atom stereocenters. The average molecular weight is 281 g/mol. The highest BCUT2D eigenvalue weighted by molar-refractivity contribution is 7.15. The van der Waals surface area contributed by atoms with Crippen LogP contribution < -0.4 is 4.74 Å². The Hall–Kier alpha value is -1.95. The largest absolute Gasteiger partial charge is 0.462 e. The SMILES string of the molecule is CCOC(=O)c1sc(Oc2cccc(F)c2)nc1C. The number of carbonyl (C=O) groups excluding carboxylic acids is 1. The Morgan fingerprint density at radius 2 is 2.26 bits per heavy atom. The van der Waals surface area contributed by atoms with Crippen LogP contribution in [0.4, 0.5) is 4.39 Å². The molecule has 1 aromatic heterocycles. The van der Waals surface area contributed by atoms with Gasteiger partial charge in [-0.15, -0.1) is 0 Å². The summed E-state index contributed by atoms with van der Waals surface area (Å²) in [6.07, 6.45) is 0. The fourth-order valence-corrected chi connectivity index (χ4v) is 2.26. The first-order valence-electron chi connectivity index (χ1n) is 5.68. The van der Waals surface area contributed by atoms with Crippen LogP contribution in [0.3, 0.4) is 0 Å². The van der Waals surface area contributed by atoms with Crippen molar-refractivity contribution in [2.45, 2.75) is 13.8 Å². The lowest BCUT2D eigenvalue weighted by Crippen LogP contribution is -2.03. The normalized spacial score (nSPS) is 10.3. The van der Waals surface area contributed by atoms with Crippen molar-refractivity contribution < 1.29 is 18.7 Å². The van der Waals surface area contributed by atoms with E-state index in [-0.39, 0.29) is 5.19 Å². The highest BCUT2D eigenvalue weighted by Gasteiger charge is 2.17. The number of esters is 1. The molecular weight excluding hydrogens is 269 g/mol. The van der Waals surface area contributed by atoms with E-state index >= 15 is 0 Å². The number of benzene rings is 1. The molecule has 0 aliphatic heterocycles. The molecule has 0 radical (unpaired) electrons. The van der Waals surface area contributed by atoms with Crippen LogP contribution in [-0.2, 0) is 4.74 Å². The van der Waals surface area contributed by atoms with Crippen molar-refractivity contribution in [2.24, 2.45) is 0 Å². The van der Waals surface area contributed by atoms with Crippen LogP contribution in [-0.4, -0.2) is 17.6 Å². The molecule has 2 rings (SSSR count). The van der Waals surface area contributed by atoms with Gasteiger partial charge in [0, 0.05) is 6.07 Å². The van der Waals surface area contributed by atoms with Gasteiger partial charge < -0.3 is 9.47 Å². The number of hydrogen-bond donors (Lipinski definition) is 0. The third-order valence-corrected chi connectivity index (χ3v) is 3.25. The summed E-state index contributed by atoms with van der Waals surface area (Å²) in [6.45, 7) is 3.73. The van der Waals surface area contributed by atoms with Crippen molar-refractivity contribution in [3.8, 4) is 10.9 Å². The summed E-state index contributed by atoms with van der Waals surface area (Å²) in [7, 11) is 0. The number of rotatable bonds is 4. The van der Waals surface area contributed by atoms with Gasteiger partial charge in [0.15, 0.2) is 0 Å². The maximum atomic E-state index is 13.0. The molecular formula is C13H12FNO3S. The second-order valence-corrected chi connectivity index (χ2v) is 4.64. The number of halogens is 1. The maximum absolute atomic E-state index is 13.0. The molecule has 0 fully saturated rings. The van der Waals surface area contributed by atoms with Crippen LogP contribution in [0.5, 0.6) is 10.9 Å². The van der Waals surface area contributed by atoms with E-state index in [9.17, 15) is 9.18 Å². The molecule has 1 aromatic carbocycles. The molecule has 0 spiro atoms. The zero-order chi connectivity index (χ0) is 13.8. The lowest BCUT2D eigenvalue weighted by molar-refractivity contribution is 0.0531. The number of hydrogen-bond acceptors (Lipinski definition) is 5. The summed E-state index contributed by atoms with van der Waals surface area (Å²) in [6, 6.07) is 5.73. The second-order valence-electron chi connectivity index (χ2n) is 3.67. The van der Waals surface area contributed by atoms with E-state index in [2.05, 4.69) is 4.98 Å². The van der Waals surface area contributed by atoms with Crippen LogP contribution in [0.25, 0.3) is 0 Å². The van der Waals surface area contributed by atoms with Gasteiger partial charge in [0.1, 0.15) is 16.4 Å². The molecule has 6 heteroatoms. The number of nitrogens with zero attached hydrogens (tertiary/aromatic N) is 1. The van der Waals surface area contributed by atoms with E-state index in [0.717, 1.165) is 11.3 Å². The second kappa shape index (κ2) is 5.79. The fraction of sp³-hybridized carbons (Fsp3) is 0.231. The third-order valence-electron chi connectivity index (χ3n) is 2.24. The zero-order valence-corrected chi connectivity index (χ0v) is 11.3. The van der Waals surface area contributed by atoms with Gasteiger partial charge in [-0.25, -0.2) is 14.2 Å². The van der Waals surface area contributed by atoms with E-state index in [0.29, 0.717) is 22.9 Å². The Kier molecular flexibility index (Phi) is 4.11. The molecule has 100 valence electrons. The van der Waals surface area contributed by atoms with Crippen LogP contribution in [0, 0.1) is 12.7 Å². The van der Waals surface area contributed by atoms with Crippen molar-refractivity contribution in [3.63, 3.8) is 0 Å². The highest BCUT2D eigenvalue weighted by Crippen LogP contribution is 2.29. The Morgan fingerprint density at radius 1 is 1.47 bits per heavy atom. The number of thiazole rings is 1. The number of carbonyl (C=O) groups is 1. The minimum atomic E-state index is -0.424. The topological polar surface area (TPSA) is 48.4 Å². The molecule has 0 amide bonds. The van der Waals surface area contributed by atoms with Crippen LogP contribution in [0.15, 0.2) is 24.3 Å². The Morgan fingerprint density at radius 3 is 2.95 bits per heavy atom. The first kappa shape index (κ1) is 13.5. The molecule has 0 atom stereocenters. The van der Waals surface area contributed by atoms with Gasteiger partial charge in [-0.05, 0) is 26.0 Å². The molecule has 4 nitrogen and oxygen atoms in total. The van der Waals surface area contributed by atoms with Gasteiger partial charge in [0.05, 0.1) is 12.3 Å². The molecule has 0 aliphatic rings. The van der Waals surface area contributed by atoms with Gasteiger partial charge in [-0.1, -0.05) is 17.4 Å². The Bertz CT molecular complexity index is 597. The smallest absolute Gasteiger partial charge is 0.350 e. The number of aromatic nitrogens is 1. The summed E-state index contributed by atoms with van der Waals surface area (Å²) in [5, 5.41) is 0.283. The van der Waals surface area contributed by atoms with E-state index in [1.807, 2.05) is 0 Å². The van der Waals surface area contributed by atoms with Crippen molar-refractivity contribution in [2.75, 3.05) is 6.61 Å². The summed E-state index contributed by atoms with van der Waals surface area (Å²) in [5.74, 6) is -0.479.